The van der Waals surface area contributed by atoms with Crippen LogP contribution < -0.4 is 5.73 Å². The van der Waals surface area contributed by atoms with Crippen LogP contribution in [-0.4, -0.2) is 29.4 Å². The molecule has 1 heterocycles. The van der Waals surface area contributed by atoms with Crippen molar-refractivity contribution in [1.29, 1.82) is 5.26 Å². The summed E-state index contributed by atoms with van der Waals surface area (Å²) in [7, 11) is 0. The number of pyridine rings is 1. The molecule has 1 aromatic rings. The van der Waals surface area contributed by atoms with Crippen LogP contribution in [0.5, 0.6) is 0 Å². The molecule has 1 aromatic heterocycles. The lowest BCUT2D eigenvalue weighted by atomic mass is 9.83. The van der Waals surface area contributed by atoms with Gasteiger partial charge >= 0.3 is 0 Å². The lowest BCUT2D eigenvalue weighted by Gasteiger charge is -2.27. The van der Waals surface area contributed by atoms with E-state index < -0.39 is 23.8 Å². The fourth-order valence-corrected chi connectivity index (χ4v) is 2.10. The van der Waals surface area contributed by atoms with E-state index in [4.69, 9.17) is 15.7 Å². The molecule has 0 aliphatic carbocycles. The number of carbonyl (C=O) groups excluding carboxylic acids is 2. The fraction of sp³-hybridized carbons (Fsp3) is 0.429. The number of aromatic nitrogens is 1. The standard InChI is InChI=1S/C14H17N3O3/c1-3-20-13(11(8-15)14(16)19)12(9(2)18)10-4-6-17-7-5-10/h4-7,11-13H,3H2,1-2H3,(H2,16,19). The Balaban J connectivity index is 3.23. The number of primary amides is 1. The second-order valence-electron chi connectivity index (χ2n) is 4.30. The van der Waals surface area contributed by atoms with Gasteiger partial charge in [0.2, 0.25) is 5.91 Å². The molecule has 6 nitrogen and oxygen atoms in total. The van der Waals surface area contributed by atoms with Crippen molar-refractivity contribution < 1.29 is 14.3 Å². The number of nitriles is 1. The second kappa shape index (κ2) is 7.36. The molecule has 0 saturated heterocycles. The zero-order valence-corrected chi connectivity index (χ0v) is 11.4. The average molecular weight is 275 g/mol. The summed E-state index contributed by atoms with van der Waals surface area (Å²) in [6.07, 6.45) is 2.18. The lowest BCUT2D eigenvalue weighted by Crippen LogP contribution is -2.40. The Morgan fingerprint density at radius 2 is 2.05 bits per heavy atom. The SMILES string of the molecule is CCOC(C(C#N)C(N)=O)C(C(C)=O)c1ccncc1. The number of ether oxygens (including phenoxy) is 1. The zero-order valence-electron chi connectivity index (χ0n) is 11.4. The van der Waals surface area contributed by atoms with E-state index in [0.29, 0.717) is 5.56 Å². The summed E-state index contributed by atoms with van der Waals surface area (Å²) in [6.45, 7) is 3.39. The van der Waals surface area contributed by atoms with Crippen molar-refractivity contribution in [3.8, 4) is 6.07 Å². The summed E-state index contributed by atoms with van der Waals surface area (Å²) in [4.78, 5) is 27.2. The van der Waals surface area contributed by atoms with Gasteiger partial charge in [-0.3, -0.25) is 14.6 Å². The van der Waals surface area contributed by atoms with Crippen LogP contribution in [-0.2, 0) is 14.3 Å². The van der Waals surface area contributed by atoms with Gasteiger partial charge < -0.3 is 10.5 Å². The summed E-state index contributed by atoms with van der Waals surface area (Å²) < 4.78 is 5.47. The van der Waals surface area contributed by atoms with Gasteiger partial charge in [-0.05, 0) is 31.5 Å². The Morgan fingerprint density at radius 1 is 1.45 bits per heavy atom. The minimum Gasteiger partial charge on any atom is -0.375 e. The molecular weight excluding hydrogens is 258 g/mol. The third-order valence-electron chi connectivity index (χ3n) is 2.96. The predicted octanol–water partition coefficient (Wildman–Crippen LogP) is 0.784. The molecule has 3 atom stereocenters. The number of carbonyl (C=O) groups is 2. The number of hydrogen-bond donors (Lipinski definition) is 1. The van der Waals surface area contributed by atoms with Gasteiger partial charge in [-0.1, -0.05) is 0 Å². The van der Waals surface area contributed by atoms with Gasteiger partial charge in [-0.25, -0.2) is 0 Å². The van der Waals surface area contributed by atoms with Gasteiger partial charge in [0.15, 0.2) is 5.92 Å². The van der Waals surface area contributed by atoms with E-state index in [1.54, 1.807) is 31.5 Å². The third-order valence-corrected chi connectivity index (χ3v) is 2.96. The summed E-state index contributed by atoms with van der Waals surface area (Å²) >= 11 is 0. The molecule has 0 bridgehead atoms. The molecule has 1 amide bonds. The van der Waals surface area contributed by atoms with E-state index >= 15 is 0 Å². The number of nitrogens with two attached hydrogens (primary N) is 1. The molecule has 20 heavy (non-hydrogen) atoms. The van der Waals surface area contributed by atoms with Gasteiger partial charge in [0, 0.05) is 19.0 Å². The van der Waals surface area contributed by atoms with Gasteiger partial charge in [0.25, 0.3) is 0 Å². The van der Waals surface area contributed by atoms with Crippen molar-refractivity contribution in [2.24, 2.45) is 11.7 Å². The Morgan fingerprint density at radius 3 is 2.45 bits per heavy atom. The molecule has 2 N–H and O–H groups in total. The summed E-state index contributed by atoms with van der Waals surface area (Å²) in [5, 5.41) is 9.12. The maximum atomic E-state index is 11.9. The van der Waals surface area contributed by atoms with Crippen LogP contribution in [0.15, 0.2) is 24.5 Å². The van der Waals surface area contributed by atoms with Crippen LogP contribution in [0.3, 0.4) is 0 Å². The molecule has 0 fully saturated rings. The van der Waals surface area contributed by atoms with E-state index in [1.807, 2.05) is 6.07 Å². The van der Waals surface area contributed by atoms with Gasteiger partial charge in [-0.2, -0.15) is 5.26 Å². The van der Waals surface area contributed by atoms with Crippen LogP contribution in [0.25, 0.3) is 0 Å². The first kappa shape index (κ1) is 15.8. The number of amides is 1. The van der Waals surface area contributed by atoms with Crippen molar-refractivity contribution in [3.05, 3.63) is 30.1 Å². The largest absolute Gasteiger partial charge is 0.375 e. The highest BCUT2D eigenvalue weighted by molar-refractivity contribution is 5.87. The fourth-order valence-electron chi connectivity index (χ4n) is 2.10. The number of ketones is 1. The molecule has 6 heteroatoms. The van der Waals surface area contributed by atoms with Crippen molar-refractivity contribution >= 4 is 11.7 Å². The summed E-state index contributed by atoms with van der Waals surface area (Å²) in [6, 6.07) is 5.14. The number of rotatable bonds is 7. The molecule has 0 saturated carbocycles. The van der Waals surface area contributed by atoms with E-state index in [-0.39, 0.29) is 12.4 Å². The highest BCUT2D eigenvalue weighted by Gasteiger charge is 2.37. The van der Waals surface area contributed by atoms with Gasteiger partial charge in [0.1, 0.15) is 5.78 Å². The van der Waals surface area contributed by atoms with Crippen LogP contribution >= 0.6 is 0 Å². The number of nitrogens with zero attached hydrogens (tertiary/aromatic N) is 2. The monoisotopic (exact) mass is 275 g/mol. The molecule has 106 valence electrons. The maximum Gasteiger partial charge on any atom is 0.237 e. The Bertz CT molecular complexity index is 510. The quantitative estimate of drug-likeness (QED) is 0.791. The van der Waals surface area contributed by atoms with Crippen molar-refractivity contribution in [3.63, 3.8) is 0 Å². The van der Waals surface area contributed by atoms with E-state index in [1.165, 1.54) is 6.92 Å². The van der Waals surface area contributed by atoms with Crippen LogP contribution in [0.2, 0.25) is 0 Å². The van der Waals surface area contributed by atoms with E-state index in [0.717, 1.165) is 0 Å². The zero-order chi connectivity index (χ0) is 15.1. The van der Waals surface area contributed by atoms with E-state index in [9.17, 15) is 9.59 Å². The molecule has 0 spiro atoms. The smallest absolute Gasteiger partial charge is 0.237 e. The first-order chi connectivity index (χ1) is 9.52. The van der Waals surface area contributed by atoms with Crippen molar-refractivity contribution in [2.45, 2.75) is 25.9 Å². The number of Topliss-reactive ketones (excluding diaryl/α,β-unsaturated/α-hetero) is 1. The normalized spacial score (nSPS) is 14.8. The van der Waals surface area contributed by atoms with Crippen LogP contribution in [0.4, 0.5) is 0 Å². The molecule has 0 radical (unpaired) electrons. The van der Waals surface area contributed by atoms with Crippen molar-refractivity contribution in [1.82, 2.24) is 4.98 Å². The first-order valence-corrected chi connectivity index (χ1v) is 6.23. The molecule has 1 rings (SSSR count). The highest BCUT2D eigenvalue weighted by Crippen LogP contribution is 2.28. The lowest BCUT2D eigenvalue weighted by molar-refractivity contribution is -0.129. The van der Waals surface area contributed by atoms with Gasteiger partial charge in [0.05, 0.1) is 18.1 Å². The molecule has 3 unspecified atom stereocenters. The highest BCUT2D eigenvalue weighted by atomic mass is 16.5. The van der Waals surface area contributed by atoms with Crippen LogP contribution in [0.1, 0.15) is 25.3 Å². The molecule has 0 aliphatic heterocycles. The topological polar surface area (TPSA) is 106 Å². The van der Waals surface area contributed by atoms with Crippen LogP contribution in [0, 0.1) is 17.2 Å². The second-order valence-corrected chi connectivity index (χ2v) is 4.30. The average Bonchev–Trinajstić information content (AvgIpc) is 2.40. The van der Waals surface area contributed by atoms with E-state index in [2.05, 4.69) is 4.98 Å². The van der Waals surface area contributed by atoms with Crippen molar-refractivity contribution in [2.75, 3.05) is 6.61 Å². The first-order valence-electron chi connectivity index (χ1n) is 6.23. The number of hydrogen-bond acceptors (Lipinski definition) is 5. The predicted molar refractivity (Wildman–Crippen MR) is 71.4 cm³/mol. The molecule has 0 aromatic carbocycles. The Kier molecular flexibility index (Phi) is 5.81. The minimum absolute atomic E-state index is 0.198. The molecule has 0 aliphatic rings. The molecular formula is C14H17N3O3. The Hall–Kier alpha value is -2.26. The Labute approximate surface area is 117 Å². The summed E-state index contributed by atoms with van der Waals surface area (Å²) in [5.74, 6) is -2.91. The third kappa shape index (κ3) is 3.62. The summed E-state index contributed by atoms with van der Waals surface area (Å²) in [5.41, 5.74) is 5.88. The van der Waals surface area contributed by atoms with Gasteiger partial charge in [-0.15, -0.1) is 0 Å². The maximum absolute atomic E-state index is 11.9. The minimum atomic E-state index is -1.18.